The van der Waals surface area contributed by atoms with Crippen molar-refractivity contribution in [2.24, 2.45) is 0 Å². The molecule has 0 aliphatic rings. The number of hydrogen-bond acceptors (Lipinski definition) is 4. The first-order valence-electron chi connectivity index (χ1n) is 10.7. The summed E-state index contributed by atoms with van der Waals surface area (Å²) in [5.74, 6) is -0.822. The van der Waals surface area contributed by atoms with E-state index >= 15 is 0 Å². The van der Waals surface area contributed by atoms with E-state index in [9.17, 15) is 14.4 Å². The summed E-state index contributed by atoms with van der Waals surface area (Å²) >= 11 is 2.19. The van der Waals surface area contributed by atoms with Gasteiger partial charge in [0.05, 0.1) is 5.56 Å². The summed E-state index contributed by atoms with van der Waals surface area (Å²) in [6.07, 6.45) is -0.850. The standard InChI is InChI=1S/C26H26IN3O4/c1-17(26(33)30(3)21-9-5-4-6-10-21)28-25(32)22-11-7-8-12-23(22)34-18(2)24(31)29-20-15-13-19(27)14-16-20/h4-18H,1-3H3,(H,28,32)(H,29,31)/t17-,18+/m1/s1. The smallest absolute Gasteiger partial charge is 0.265 e. The molecule has 176 valence electrons. The van der Waals surface area contributed by atoms with Crippen LogP contribution in [-0.4, -0.2) is 36.9 Å². The number of likely N-dealkylation sites (N-methyl/N-ethyl adjacent to an activating group) is 1. The molecule has 7 nitrogen and oxygen atoms in total. The summed E-state index contributed by atoms with van der Waals surface area (Å²) in [6.45, 7) is 3.23. The van der Waals surface area contributed by atoms with Crippen molar-refractivity contribution in [3.8, 4) is 5.75 Å². The average molecular weight is 571 g/mol. The van der Waals surface area contributed by atoms with Crippen LogP contribution in [0, 0.1) is 3.57 Å². The highest BCUT2D eigenvalue weighted by Crippen LogP contribution is 2.21. The number of halogens is 1. The Kier molecular flexibility index (Phi) is 8.64. The molecule has 0 saturated heterocycles. The third-order valence-electron chi connectivity index (χ3n) is 5.11. The lowest BCUT2D eigenvalue weighted by Crippen LogP contribution is -2.45. The Morgan fingerprint density at radius 3 is 2.18 bits per heavy atom. The van der Waals surface area contributed by atoms with Crippen molar-refractivity contribution < 1.29 is 19.1 Å². The van der Waals surface area contributed by atoms with Gasteiger partial charge in [0, 0.05) is 22.0 Å². The molecule has 3 aromatic rings. The fraction of sp³-hybridized carbons (Fsp3) is 0.192. The second kappa shape index (κ2) is 11.6. The molecule has 0 saturated carbocycles. The number of carbonyl (C=O) groups is 3. The van der Waals surface area contributed by atoms with Crippen LogP contribution >= 0.6 is 22.6 Å². The van der Waals surface area contributed by atoms with Gasteiger partial charge < -0.3 is 20.3 Å². The molecule has 3 rings (SSSR count). The van der Waals surface area contributed by atoms with Gasteiger partial charge in [-0.15, -0.1) is 0 Å². The van der Waals surface area contributed by atoms with E-state index in [4.69, 9.17) is 4.74 Å². The molecule has 0 bridgehead atoms. The molecule has 3 amide bonds. The minimum Gasteiger partial charge on any atom is -0.480 e. The number of ether oxygens (including phenoxy) is 1. The number of amides is 3. The molecule has 0 fully saturated rings. The number of nitrogens with zero attached hydrogens (tertiary/aromatic N) is 1. The largest absolute Gasteiger partial charge is 0.480 e. The van der Waals surface area contributed by atoms with E-state index in [-0.39, 0.29) is 23.1 Å². The summed E-state index contributed by atoms with van der Waals surface area (Å²) in [4.78, 5) is 39.8. The maximum absolute atomic E-state index is 13.0. The molecular weight excluding hydrogens is 545 g/mol. The molecule has 0 aromatic heterocycles. The van der Waals surface area contributed by atoms with Crippen LogP contribution in [0.15, 0.2) is 78.9 Å². The number of anilines is 2. The van der Waals surface area contributed by atoms with E-state index < -0.39 is 18.1 Å². The first-order valence-corrected chi connectivity index (χ1v) is 11.8. The maximum atomic E-state index is 13.0. The topological polar surface area (TPSA) is 87.7 Å². The molecule has 0 radical (unpaired) electrons. The van der Waals surface area contributed by atoms with E-state index in [0.29, 0.717) is 5.69 Å². The van der Waals surface area contributed by atoms with Gasteiger partial charge in [-0.1, -0.05) is 30.3 Å². The van der Waals surface area contributed by atoms with E-state index in [1.165, 1.54) is 4.90 Å². The predicted molar refractivity (Wildman–Crippen MR) is 141 cm³/mol. The summed E-state index contributed by atoms with van der Waals surface area (Å²) < 4.78 is 6.87. The van der Waals surface area contributed by atoms with Crippen LogP contribution in [0.3, 0.4) is 0 Å². The molecule has 2 atom stereocenters. The Bertz CT molecular complexity index is 1150. The number of rotatable bonds is 8. The van der Waals surface area contributed by atoms with Gasteiger partial charge in [0.25, 0.3) is 11.8 Å². The third-order valence-corrected chi connectivity index (χ3v) is 5.83. The quantitative estimate of drug-likeness (QED) is 0.391. The molecule has 0 aliphatic heterocycles. The Balaban J connectivity index is 1.65. The van der Waals surface area contributed by atoms with Gasteiger partial charge in [-0.3, -0.25) is 14.4 Å². The van der Waals surface area contributed by atoms with Crippen molar-refractivity contribution >= 4 is 51.7 Å². The summed E-state index contributed by atoms with van der Waals surface area (Å²) in [7, 11) is 1.66. The van der Waals surface area contributed by atoms with Gasteiger partial charge in [0.15, 0.2) is 6.10 Å². The van der Waals surface area contributed by atoms with Crippen LogP contribution in [0.5, 0.6) is 5.75 Å². The fourth-order valence-corrected chi connectivity index (χ4v) is 3.54. The molecule has 0 spiro atoms. The Hall–Kier alpha value is -3.40. The van der Waals surface area contributed by atoms with E-state index in [1.807, 2.05) is 42.5 Å². The number of para-hydroxylation sites is 2. The van der Waals surface area contributed by atoms with Gasteiger partial charge >= 0.3 is 0 Å². The molecule has 0 aliphatic carbocycles. The Labute approximate surface area is 212 Å². The van der Waals surface area contributed by atoms with Crippen molar-refractivity contribution in [3.63, 3.8) is 0 Å². The number of carbonyl (C=O) groups excluding carboxylic acids is 3. The van der Waals surface area contributed by atoms with E-state index in [0.717, 1.165) is 9.26 Å². The van der Waals surface area contributed by atoms with Gasteiger partial charge in [-0.25, -0.2) is 0 Å². The molecule has 3 aromatic carbocycles. The van der Waals surface area contributed by atoms with Crippen LogP contribution in [0.1, 0.15) is 24.2 Å². The van der Waals surface area contributed by atoms with Crippen LogP contribution in [0.2, 0.25) is 0 Å². The highest BCUT2D eigenvalue weighted by molar-refractivity contribution is 14.1. The maximum Gasteiger partial charge on any atom is 0.265 e. The number of benzene rings is 3. The van der Waals surface area contributed by atoms with Crippen molar-refractivity contribution in [1.82, 2.24) is 5.32 Å². The lowest BCUT2D eigenvalue weighted by atomic mass is 10.1. The number of hydrogen-bond donors (Lipinski definition) is 2. The van der Waals surface area contributed by atoms with E-state index in [2.05, 4.69) is 33.2 Å². The molecule has 8 heteroatoms. The lowest BCUT2D eigenvalue weighted by molar-refractivity contribution is -0.122. The van der Waals surface area contributed by atoms with Crippen molar-refractivity contribution in [3.05, 3.63) is 88.0 Å². The SMILES string of the molecule is C[C@H](Oc1ccccc1C(=O)N[C@H](C)C(=O)N(C)c1ccccc1)C(=O)Nc1ccc(I)cc1. The highest BCUT2D eigenvalue weighted by Gasteiger charge is 2.24. The van der Waals surface area contributed by atoms with E-state index in [1.54, 1.807) is 57.3 Å². The van der Waals surface area contributed by atoms with Crippen molar-refractivity contribution in [2.75, 3.05) is 17.3 Å². The minimum absolute atomic E-state index is 0.235. The first-order chi connectivity index (χ1) is 16.3. The zero-order chi connectivity index (χ0) is 24.7. The second-order valence-corrected chi connectivity index (χ2v) is 8.93. The van der Waals surface area contributed by atoms with Gasteiger partial charge in [0.2, 0.25) is 5.91 Å². The number of nitrogens with one attached hydrogen (secondary N) is 2. The Morgan fingerprint density at radius 2 is 1.50 bits per heavy atom. The summed E-state index contributed by atoms with van der Waals surface area (Å²) in [5.41, 5.74) is 1.62. The summed E-state index contributed by atoms with van der Waals surface area (Å²) in [6, 6.07) is 22.4. The third kappa shape index (κ3) is 6.57. The zero-order valence-corrected chi connectivity index (χ0v) is 21.3. The molecule has 34 heavy (non-hydrogen) atoms. The first kappa shape index (κ1) is 25.2. The van der Waals surface area contributed by atoms with Gasteiger partial charge in [-0.2, -0.15) is 0 Å². The Morgan fingerprint density at radius 1 is 0.882 bits per heavy atom. The average Bonchev–Trinajstić information content (AvgIpc) is 2.85. The highest BCUT2D eigenvalue weighted by atomic mass is 127. The molecular formula is C26H26IN3O4. The van der Waals surface area contributed by atoms with Crippen molar-refractivity contribution in [1.29, 1.82) is 0 Å². The summed E-state index contributed by atoms with van der Waals surface area (Å²) in [5, 5.41) is 5.52. The fourth-order valence-electron chi connectivity index (χ4n) is 3.18. The predicted octanol–water partition coefficient (Wildman–Crippen LogP) is 4.48. The van der Waals surface area contributed by atoms with Crippen molar-refractivity contribution in [2.45, 2.75) is 26.0 Å². The van der Waals surface area contributed by atoms with Gasteiger partial charge in [0.1, 0.15) is 11.8 Å². The van der Waals surface area contributed by atoms with Crippen LogP contribution in [0.4, 0.5) is 11.4 Å². The molecule has 0 heterocycles. The molecule has 2 N–H and O–H groups in total. The normalized spacial score (nSPS) is 12.2. The lowest BCUT2D eigenvalue weighted by Gasteiger charge is -2.23. The zero-order valence-electron chi connectivity index (χ0n) is 19.1. The molecule has 0 unspecified atom stereocenters. The van der Waals surface area contributed by atoms with Gasteiger partial charge in [-0.05, 0) is 85.0 Å². The monoisotopic (exact) mass is 571 g/mol. The van der Waals surface area contributed by atoms with Crippen LogP contribution in [0.25, 0.3) is 0 Å². The van der Waals surface area contributed by atoms with Crippen LogP contribution in [-0.2, 0) is 9.59 Å². The minimum atomic E-state index is -0.850. The second-order valence-electron chi connectivity index (χ2n) is 7.68. The van der Waals surface area contributed by atoms with Crippen LogP contribution < -0.4 is 20.3 Å².